The van der Waals surface area contributed by atoms with Crippen LogP contribution in [0.5, 0.6) is 17.2 Å². The summed E-state index contributed by atoms with van der Waals surface area (Å²) in [5.74, 6) is 1.57. The number of methoxy groups -OCH3 is 3. The molecule has 33 heavy (non-hydrogen) atoms. The summed E-state index contributed by atoms with van der Waals surface area (Å²) in [6.07, 6.45) is 3.93. The first-order chi connectivity index (χ1) is 15.9. The van der Waals surface area contributed by atoms with Gasteiger partial charge in [-0.05, 0) is 30.9 Å². The molecule has 0 atom stereocenters. The summed E-state index contributed by atoms with van der Waals surface area (Å²) in [6, 6.07) is 4.97. The van der Waals surface area contributed by atoms with Crippen molar-refractivity contribution in [3.63, 3.8) is 0 Å². The minimum atomic E-state index is -0.290. The third-order valence-electron chi connectivity index (χ3n) is 5.73. The Morgan fingerprint density at radius 2 is 1.73 bits per heavy atom. The number of rotatable bonds is 10. The second-order valence-electron chi connectivity index (χ2n) is 8.57. The molecule has 0 aliphatic heterocycles. The third kappa shape index (κ3) is 5.77. The van der Waals surface area contributed by atoms with E-state index < -0.39 is 0 Å². The lowest BCUT2D eigenvalue weighted by Crippen LogP contribution is -2.38. The van der Waals surface area contributed by atoms with E-state index in [-0.39, 0.29) is 30.1 Å². The monoisotopic (exact) mass is 459 g/mol. The van der Waals surface area contributed by atoms with Crippen molar-refractivity contribution in [2.75, 3.05) is 27.9 Å². The molecule has 0 spiro atoms. The first-order valence-electron chi connectivity index (χ1n) is 11.2. The molecule has 1 aliphatic carbocycles. The van der Waals surface area contributed by atoms with Crippen molar-refractivity contribution < 1.29 is 28.3 Å². The van der Waals surface area contributed by atoms with Crippen LogP contribution in [0.1, 0.15) is 66.1 Å². The fraction of sp³-hybridized carbons (Fsp3) is 0.542. The van der Waals surface area contributed by atoms with E-state index in [2.05, 4.69) is 10.5 Å². The van der Waals surface area contributed by atoms with Gasteiger partial charge in [0.05, 0.1) is 27.9 Å². The highest BCUT2D eigenvalue weighted by atomic mass is 16.5. The first kappa shape index (κ1) is 24.4. The van der Waals surface area contributed by atoms with Crippen molar-refractivity contribution in [1.29, 1.82) is 0 Å². The number of hydrogen-bond donors (Lipinski definition) is 1. The van der Waals surface area contributed by atoms with Gasteiger partial charge in [-0.15, -0.1) is 0 Å². The zero-order valence-corrected chi connectivity index (χ0v) is 20.0. The van der Waals surface area contributed by atoms with E-state index in [1.54, 1.807) is 23.1 Å². The Kier molecular flexibility index (Phi) is 8.19. The fourth-order valence-electron chi connectivity index (χ4n) is 4.00. The van der Waals surface area contributed by atoms with E-state index in [0.717, 1.165) is 25.7 Å². The van der Waals surface area contributed by atoms with Gasteiger partial charge in [-0.3, -0.25) is 9.59 Å². The van der Waals surface area contributed by atoms with E-state index in [1.807, 2.05) is 13.8 Å². The molecule has 3 rings (SSSR count). The average Bonchev–Trinajstić information content (AvgIpc) is 3.51. The number of ether oxygens (including phenoxy) is 3. The Bertz CT molecular complexity index is 940. The molecular formula is C24H33N3O6. The number of aromatic nitrogens is 1. The van der Waals surface area contributed by atoms with Crippen molar-refractivity contribution in [2.45, 2.75) is 52.1 Å². The molecule has 1 aliphatic rings. The highest BCUT2D eigenvalue weighted by Gasteiger charge is 2.30. The van der Waals surface area contributed by atoms with E-state index in [1.165, 1.54) is 21.3 Å². The summed E-state index contributed by atoms with van der Waals surface area (Å²) >= 11 is 0. The molecule has 1 aromatic heterocycles. The Balaban J connectivity index is 1.86. The maximum absolute atomic E-state index is 13.6. The van der Waals surface area contributed by atoms with Crippen LogP contribution in [0.4, 0.5) is 0 Å². The Morgan fingerprint density at radius 3 is 2.27 bits per heavy atom. The molecule has 1 heterocycles. The molecule has 0 radical (unpaired) electrons. The van der Waals surface area contributed by atoms with Crippen LogP contribution in [-0.2, 0) is 6.54 Å². The Labute approximate surface area is 194 Å². The van der Waals surface area contributed by atoms with Gasteiger partial charge in [0.1, 0.15) is 0 Å². The van der Waals surface area contributed by atoms with Gasteiger partial charge in [-0.2, -0.15) is 0 Å². The van der Waals surface area contributed by atoms with Crippen molar-refractivity contribution in [3.8, 4) is 17.2 Å². The minimum absolute atomic E-state index is 0.0694. The standard InChI is InChI=1S/C24H33N3O6/c1-15(2)13-25-23(28)19-12-18(33-26-19)14-27(17-8-6-7-9-17)24(29)16-10-20(30-3)22(32-5)21(11-16)31-4/h10-12,15,17H,6-9,13-14H2,1-5H3,(H,25,28). The average molecular weight is 460 g/mol. The smallest absolute Gasteiger partial charge is 0.273 e. The molecule has 2 aromatic rings. The van der Waals surface area contributed by atoms with Crippen molar-refractivity contribution >= 4 is 11.8 Å². The number of carbonyl (C=O) groups excluding carboxylic acids is 2. The predicted octanol–water partition coefficient (Wildman–Crippen LogP) is 3.67. The van der Waals surface area contributed by atoms with E-state index in [0.29, 0.717) is 41.0 Å². The molecule has 9 nitrogen and oxygen atoms in total. The largest absolute Gasteiger partial charge is 0.493 e. The maximum Gasteiger partial charge on any atom is 0.273 e. The SMILES string of the molecule is COc1cc(C(=O)N(Cc2cc(C(=O)NCC(C)C)no2)C2CCCC2)cc(OC)c1OC. The zero-order valence-electron chi connectivity index (χ0n) is 20.0. The lowest BCUT2D eigenvalue weighted by molar-refractivity contribution is 0.0642. The van der Waals surface area contributed by atoms with Gasteiger partial charge in [0.2, 0.25) is 5.75 Å². The molecule has 9 heteroatoms. The van der Waals surface area contributed by atoms with Gasteiger partial charge >= 0.3 is 0 Å². The van der Waals surface area contributed by atoms with E-state index in [9.17, 15) is 9.59 Å². The number of hydrogen-bond acceptors (Lipinski definition) is 7. The van der Waals surface area contributed by atoms with Crippen LogP contribution in [-0.4, -0.2) is 55.8 Å². The number of benzene rings is 1. The quantitative estimate of drug-likeness (QED) is 0.578. The number of nitrogens with zero attached hydrogens (tertiary/aromatic N) is 2. The summed E-state index contributed by atoms with van der Waals surface area (Å²) in [6.45, 7) is 4.80. The summed E-state index contributed by atoms with van der Waals surface area (Å²) in [4.78, 5) is 27.7. The molecule has 1 fully saturated rings. The summed E-state index contributed by atoms with van der Waals surface area (Å²) in [5, 5.41) is 6.72. The molecule has 0 saturated heterocycles. The highest BCUT2D eigenvalue weighted by Crippen LogP contribution is 2.39. The van der Waals surface area contributed by atoms with Crippen molar-refractivity contribution in [2.24, 2.45) is 5.92 Å². The molecule has 180 valence electrons. The minimum Gasteiger partial charge on any atom is -0.493 e. The molecule has 1 N–H and O–H groups in total. The second-order valence-corrected chi connectivity index (χ2v) is 8.57. The van der Waals surface area contributed by atoms with Crippen LogP contribution < -0.4 is 19.5 Å². The van der Waals surface area contributed by atoms with Gasteiger partial charge in [-0.25, -0.2) is 0 Å². The van der Waals surface area contributed by atoms with E-state index >= 15 is 0 Å². The Morgan fingerprint density at radius 1 is 1.09 bits per heavy atom. The Hall–Kier alpha value is -3.23. The third-order valence-corrected chi connectivity index (χ3v) is 5.73. The highest BCUT2D eigenvalue weighted by molar-refractivity contribution is 5.96. The van der Waals surface area contributed by atoms with Gasteiger partial charge in [0, 0.05) is 24.2 Å². The normalized spacial score (nSPS) is 13.8. The predicted molar refractivity (Wildman–Crippen MR) is 122 cm³/mol. The second kappa shape index (κ2) is 11.1. The summed E-state index contributed by atoms with van der Waals surface area (Å²) in [7, 11) is 4.55. The summed E-state index contributed by atoms with van der Waals surface area (Å²) < 4.78 is 21.6. The van der Waals surface area contributed by atoms with Crippen LogP contribution in [0.3, 0.4) is 0 Å². The molecule has 1 saturated carbocycles. The fourth-order valence-corrected chi connectivity index (χ4v) is 4.00. The topological polar surface area (TPSA) is 103 Å². The molecule has 1 aromatic carbocycles. The first-order valence-corrected chi connectivity index (χ1v) is 11.2. The zero-order chi connectivity index (χ0) is 24.0. The van der Waals surface area contributed by atoms with Crippen LogP contribution in [0.25, 0.3) is 0 Å². The van der Waals surface area contributed by atoms with Gasteiger partial charge < -0.3 is 29.0 Å². The molecule has 2 amide bonds. The molecule has 0 bridgehead atoms. The van der Waals surface area contributed by atoms with Crippen molar-refractivity contribution in [3.05, 3.63) is 35.2 Å². The van der Waals surface area contributed by atoms with Gasteiger partial charge in [0.25, 0.3) is 11.8 Å². The lowest BCUT2D eigenvalue weighted by Gasteiger charge is -2.28. The number of nitrogens with one attached hydrogen (secondary N) is 1. The molecule has 0 unspecified atom stereocenters. The number of amides is 2. The van der Waals surface area contributed by atoms with Crippen LogP contribution in [0.15, 0.2) is 22.7 Å². The van der Waals surface area contributed by atoms with E-state index in [4.69, 9.17) is 18.7 Å². The van der Waals surface area contributed by atoms with Crippen LogP contribution in [0.2, 0.25) is 0 Å². The van der Waals surface area contributed by atoms with Crippen LogP contribution >= 0.6 is 0 Å². The van der Waals surface area contributed by atoms with Crippen molar-refractivity contribution in [1.82, 2.24) is 15.4 Å². The molecular weight excluding hydrogens is 426 g/mol. The van der Waals surface area contributed by atoms with Gasteiger partial charge in [-0.1, -0.05) is 31.8 Å². The van der Waals surface area contributed by atoms with Gasteiger partial charge in [0.15, 0.2) is 23.0 Å². The maximum atomic E-state index is 13.6. The van der Waals surface area contributed by atoms with Crippen LogP contribution in [0, 0.1) is 5.92 Å². The number of carbonyl (C=O) groups is 2. The lowest BCUT2D eigenvalue weighted by atomic mass is 10.1. The summed E-state index contributed by atoms with van der Waals surface area (Å²) in [5.41, 5.74) is 0.628.